The van der Waals surface area contributed by atoms with Gasteiger partial charge in [0.2, 0.25) is 11.8 Å². The second-order valence-corrected chi connectivity index (χ2v) is 8.94. The monoisotopic (exact) mass is 400 g/mol. The van der Waals surface area contributed by atoms with Crippen molar-refractivity contribution in [3.63, 3.8) is 0 Å². The lowest BCUT2D eigenvalue weighted by Crippen LogP contribution is -2.57. The van der Waals surface area contributed by atoms with Gasteiger partial charge in [-0.2, -0.15) is 0 Å². The lowest BCUT2D eigenvalue weighted by molar-refractivity contribution is -0.140. The van der Waals surface area contributed by atoms with Crippen LogP contribution in [0.3, 0.4) is 0 Å². The Hall–Kier alpha value is -1.92. The lowest BCUT2D eigenvalue weighted by atomic mass is 9.91. The van der Waals surface area contributed by atoms with Gasteiger partial charge in [0.25, 0.3) is 0 Å². The van der Waals surface area contributed by atoms with Gasteiger partial charge in [-0.15, -0.1) is 0 Å². The molecule has 2 amide bonds. The minimum atomic E-state index is -0.0819. The average molecular weight is 401 g/mol. The van der Waals surface area contributed by atoms with E-state index in [0.717, 1.165) is 44.8 Å². The molecule has 2 heterocycles. The highest BCUT2D eigenvalue weighted by molar-refractivity contribution is 5.81. The first-order valence-corrected chi connectivity index (χ1v) is 11.0. The van der Waals surface area contributed by atoms with Crippen molar-refractivity contribution in [1.82, 2.24) is 20.0 Å². The zero-order chi connectivity index (χ0) is 20.8. The van der Waals surface area contributed by atoms with Crippen LogP contribution in [-0.2, 0) is 16.1 Å². The summed E-state index contributed by atoms with van der Waals surface area (Å²) in [4.78, 5) is 31.7. The quantitative estimate of drug-likeness (QED) is 0.791. The molecule has 2 aliphatic rings. The van der Waals surface area contributed by atoms with E-state index >= 15 is 0 Å². The van der Waals surface area contributed by atoms with Gasteiger partial charge in [0.1, 0.15) is 0 Å². The molecule has 2 saturated heterocycles. The number of likely N-dealkylation sites (tertiary alicyclic amines) is 1. The van der Waals surface area contributed by atoms with Crippen LogP contribution in [0.4, 0.5) is 0 Å². The normalized spacial score (nSPS) is 24.9. The number of piperazine rings is 1. The summed E-state index contributed by atoms with van der Waals surface area (Å²) in [5, 5.41) is 2.99. The highest BCUT2D eigenvalue weighted by atomic mass is 16.2. The van der Waals surface area contributed by atoms with Gasteiger partial charge in [0.05, 0.1) is 12.6 Å². The highest BCUT2D eigenvalue weighted by Crippen LogP contribution is 2.22. The molecular formula is C23H36N4O2. The molecule has 6 nitrogen and oxygen atoms in total. The van der Waals surface area contributed by atoms with Crippen molar-refractivity contribution in [3.05, 3.63) is 35.9 Å². The van der Waals surface area contributed by atoms with Gasteiger partial charge in [-0.1, -0.05) is 44.2 Å². The molecule has 6 heteroatoms. The topological polar surface area (TPSA) is 55.9 Å². The first-order valence-electron chi connectivity index (χ1n) is 11.0. The van der Waals surface area contributed by atoms with Crippen LogP contribution in [0.15, 0.2) is 30.3 Å². The molecule has 3 rings (SSSR count). The molecule has 0 unspecified atom stereocenters. The van der Waals surface area contributed by atoms with E-state index in [1.807, 2.05) is 37.3 Å². The Morgan fingerprint density at radius 1 is 1.03 bits per heavy atom. The van der Waals surface area contributed by atoms with Crippen LogP contribution in [0.1, 0.15) is 32.8 Å². The summed E-state index contributed by atoms with van der Waals surface area (Å²) in [5.41, 5.74) is 1.11. The third kappa shape index (κ3) is 6.28. The van der Waals surface area contributed by atoms with E-state index in [9.17, 15) is 9.59 Å². The van der Waals surface area contributed by atoms with E-state index in [4.69, 9.17) is 0 Å². The van der Waals surface area contributed by atoms with Crippen LogP contribution in [0.2, 0.25) is 0 Å². The number of piperidine rings is 1. The fraction of sp³-hybridized carbons (Fsp3) is 0.652. The Labute approximate surface area is 175 Å². The summed E-state index contributed by atoms with van der Waals surface area (Å²) in [5.74, 6) is 1.49. The summed E-state index contributed by atoms with van der Waals surface area (Å²) in [6.45, 7) is 12.6. The van der Waals surface area contributed by atoms with Gasteiger partial charge in [-0.3, -0.25) is 19.4 Å². The maximum atomic E-state index is 13.0. The summed E-state index contributed by atoms with van der Waals surface area (Å²) >= 11 is 0. The number of hydrogen-bond acceptors (Lipinski definition) is 4. The molecule has 1 N–H and O–H groups in total. The Morgan fingerprint density at radius 3 is 2.28 bits per heavy atom. The van der Waals surface area contributed by atoms with Gasteiger partial charge in [-0.05, 0) is 30.7 Å². The van der Waals surface area contributed by atoms with Crippen molar-refractivity contribution in [2.24, 2.45) is 11.8 Å². The smallest absolute Gasteiger partial charge is 0.239 e. The minimum absolute atomic E-state index is 0.0581. The maximum Gasteiger partial charge on any atom is 0.239 e. The zero-order valence-electron chi connectivity index (χ0n) is 18.1. The Balaban J connectivity index is 1.40. The molecule has 0 spiro atoms. The van der Waals surface area contributed by atoms with Gasteiger partial charge in [0.15, 0.2) is 0 Å². The number of nitrogens with one attached hydrogen (secondary N) is 1. The molecule has 0 saturated carbocycles. The van der Waals surface area contributed by atoms with Gasteiger partial charge in [0, 0.05) is 45.8 Å². The zero-order valence-corrected chi connectivity index (χ0v) is 18.1. The molecule has 0 radical (unpaired) electrons. The number of benzene rings is 1. The third-order valence-electron chi connectivity index (χ3n) is 6.19. The molecular weight excluding hydrogens is 364 g/mol. The number of amides is 2. The molecule has 29 heavy (non-hydrogen) atoms. The number of carbonyl (C=O) groups excluding carboxylic acids is 2. The first kappa shape index (κ1) is 21.8. The summed E-state index contributed by atoms with van der Waals surface area (Å²) < 4.78 is 0. The Morgan fingerprint density at radius 2 is 1.66 bits per heavy atom. The van der Waals surface area contributed by atoms with Crippen LogP contribution < -0.4 is 5.32 Å². The van der Waals surface area contributed by atoms with Gasteiger partial charge < -0.3 is 10.2 Å². The molecule has 160 valence electrons. The predicted molar refractivity (Wildman–Crippen MR) is 115 cm³/mol. The maximum absolute atomic E-state index is 13.0. The number of hydrogen-bond donors (Lipinski definition) is 1. The van der Waals surface area contributed by atoms with E-state index in [0.29, 0.717) is 24.9 Å². The fourth-order valence-corrected chi connectivity index (χ4v) is 4.63. The number of nitrogens with zero attached hydrogens (tertiary/aromatic N) is 3. The van der Waals surface area contributed by atoms with Crippen molar-refractivity contribution >= 4 is 11.8 Å². The van der Waals surface area contributed by atoms with E-state index in [-0.39, 0.29) is 17.9 Å². The SMILES string of the molecule is C[C@@H]1C[C@@H](C)CN(C(=O)[C@@H](C)N2CCN(CC(=O)NCc3ccccc3)CC2)C1. The van der Waals surface area contributed by atoms with Crippen molar-refractivity contribution in [1.29, 1.82) is 0 Å². The second kappa shape index (κ2) is 10.2. The van der Waals surface area contributed by atoms with Crippen LogP contribution >= 0.6 is 0 Å². The summed E-state index contributed by atoms with van der Waals surface area (Å²) in [6.07, 6.45) is 1.21. The Bertz CT molecular complexity index is 663. The van der Waals surface area contributed by atoms with Crippen LogP contribution in [-0.4, -0.2) is 78.4 Å². The van der Waals surface area contributed by atoms with Gasteiger partial charge >= 0.3 is 0 Å². The average Bonchev–Trinajstić information content (AvgIpc) is 2.72. The van der Waals surface area contributed by atoms with Crippen molar-refractivity contribution < 1.29 is 9.59 Å². The van der Waals surface area contributed by atoms with E-state index in [2.05, 4.69) is 33.9 Å². The number of rotatable bonds is 6. The first-order chi connectivity index (χ1) is 13.9. The summed E-state index contributed by atoms with van der Waals surface area (Å²) in [6, 6.07) is 9.88. The van der Waals surface area contributed by atoms with Crippen LogP contribution in [0.25, 0.3) is 0 Å². The molecule has 2 fully saturated rings. The van der Waals surface area contributed by atoms with E-state index in [1.165, 1.54) is 6.42 Å². The number of carbonyl (C=O) groups is 2. The van der Waals surface area contributed by atoms with Crippen molar-refractivity contribution in [3.8, 4) is 0 Å². The molecule has 3 atom stereocenters. The van der Waals surface area contributed by atoms with E-state index in [1.54, 1.807) is 0 Å². The largest absolute Gasteiger partial charge is 0.351 e. The standard InChI is InChI=1S/C23H36N4O2/c1-18-13-19(2)16-27(15-18)23(29)20(3)26-11-9-25(10-12-26)17-22(28)24-14-21-7-5-4-6-8-21/h4-8,18-20H,9-17H2,1-3H3,(H,24,28)/t18-,19-,20-/m1/s1. The highest BCUT2D eigenvalue weighted by Gasteiger charge is 2.32. The Kier molecular flexibility index (Phi) is 7.67. The fourth-order valence-electron chi connectivity index (χ4n) is 4.63. The third-order valence-corrected chi connectivity index (χ3v) is 6.19. The van der Waals surface area contributed by atoms with Crippen LogP contribution in [0, 0.1) is 11.8 Å². The second-order valence-electron chi connectivity index (χ2n) is 8.94. The molecule has 0 aromatic heterocycles. The molecule has 2 aliphatic heterocycles. The van der Waals surface area contributed by atoms with Crippen molar-refractivity contribution in [2.75, 3.05) is 45.8 Å². The molecule has 0 bridgehead atoms. The predicted octanol–water partition coefficient (Wildman–Crippen LogP) is 1.81. The molecule has 0 aliphatic carbocycles. The van der Waals surface area contributed by atoms with Crippen LogP contribution in [0.5, 0.6) is 0 Å². The minimum Gasteiger partial charge on any atom is -0.351 e. The van der Waals surface area contributed by atoms with Crippen molar-refractivity contribution in [2.45, 2.75) is 39.8 Å². The lowest BCUT2D eigenvalue weighted by Gasteiger charge is -2.41. The van der Waals surface area contributed by atoms with Gasteiger partial charge in [-0.25, -0.2) is 0 Å². The van der Waals surface area contributed by atoms with E-state index < -0.39 is 0 Å². The summed E-state index contributed by atoms with van der Waals surface area (Å²) in [7, 11) is 0. The molecule has 1 aromatic carbocycles. The molecule has 1 aromatic rings.